The number of rotatable bonds is 3. The summed E-state index contributed by atoms with van der Waals surface area (Å²) < 4.78 is 11.4. The molecule has 1 aromatic rings. The maximum atomic E-state index is 6.12. The van der Waals surface area contributed by atoms with Gasteiger partial charge in [0.15, 0.2) is 0 Å². The molecule has 1 aliphatic carbocycles. The highest BCUT2D eigenvalue weighted by Gasteiger charge is 2.42. The maximum absolute atomic E-state index is 6.12. The molecular weight excluding hydrogens is 226 g/mol. The average molecular weight is 249 g/mol. The number of hydrogen-bond acceptors (Lipinski definition) is 3. The highest BCUT2D eigenvalue weighted by molar-refractivity contribution is 5.13. The van der Waals surface area contributed by atoms with E-state index in [0.717, 1.165) is 13.0 Å². The number of nitrogens with one attached hydrogen (secondary N) is 1. The Morgan fingerprint density at radius 1 is 1.39 bits per heavy atom. The van der Waals surface area contributed by atoms with Crippen LogP contribution in [0.5, 0.6) is 0 Å². The zero-order valence-corrected chi connectivity index (χ0v) is 11.2. The lowest BCUT2D eigenvalue weighted by Crippen LogP contribution is -2.41. The van der Waals surface area contributed by atoms with Gasteiger partial charge in [0.25, 0.3) is 0 Å². The van der Waals surface area contributed by atoms with E-state index in [4.69, 9.17) is 9.15 Å². The molecule has 1 N–H and O–H groups in total. The van der Waals surface area contributed by atoms with E-state index in [1.165, 1.54) is 37.7 Å². The molecule has 0 radical (unpaired) electrons. The summed E-state index contributed by atoms with van der Waals surface area (Å²) in [5.41, 5.74) is 1.47. The molecule has 100 valence electrons. The largest absolute Gasteiger partial charge is 0.472 e. The topological polar surface area (TPSA) is 34.4 Å². The highest BCUT2D eigenvalue weighted by atomic mass is 16.5. The molecule has 0 aromatic carbocycles. The molecule has 3 rings (SSSR count). The number of furan rings is 1. The molecule has 0 amide bonds. The van der Waals surface area contributed by atoms with E-state index < -0.39 is 0 Å². The third-order valence-corrected chi connectivity index (χ3v) is 4.73. The zero-order chi connectivity index (χ0) is 12.4. The van der Waals surface area contributed by atoms with Crippen LogP contribution >= 0.6 is 0 Å². The molecule has 0 bridgehead atoms. The lowest BCUT2D eigenvalue weighted by atomic mass is 9.79. The third-order valence-electron chi connectivity index (χ3n) is 4.73. The molecule has 18 heavy (non-hydrogen) atoms. The fourth-order valence-corrected chi connectivity index (χ4v) is 3.84. The smallest absolute Gasteiger partial charge is 0.0950 e. The Hall–Kier alpha value is -0.800. The van der Waals surface area contributed by atoms with Crippen molar-refractivity contribution in [1.29, 1.82) is 0 Å². The van der Waals surface area contributed by atoms with Gasteiger partial charge in [0, 0.05) is 18.2 Å². The van der Waals surface area contributed by atoms with Crippen LogP contribution in [0.1, 0.15) is 50.1 Å². The summed E-state index contributed by atoms with van der Waals surface area (Å²) in [4.78, 5) is 0. The van der Waals surface area contributed by atoms with Crippen LogP contribution in [-0.2, 0) is 4.74 Å². The van der Waals surface area contributed by atoms with Crippen LogP contribution < -0.4 is 5.32 Å². The van der Waals surface area contributed by atoms with Crippen LogP contribution in [0.25, 0.3) is 0 Å². The van der Waals surface area contributed by atoms with Crippen molar-refractivity contribution < 1.29 is 9.15 Å². The molecule has 1 aromatic heterocycles. The van der Waals surface area contributed by atoms with Crippen LogP contribution in [0.2, 0.25) is 0 Å². The quantitative estimate of drug-likeness (QED) is 0.892. The van der Waals surface area contributed by atoms with Crippen molar-refractivity contribution in [3.8, 4) is 0 Å². The predicted octanol–water partition coefficient (Wildman–Crippen LogP) is 3.28. The van der Waals surface area contributed by atoms with Crippen molar-refractivity contribution in [3.63, 3.8) is 0 Å². The van der Waals surface area contributed by atoms with E-state index in [9.17, 15) is 0 Å². The van der Waals surface area contributed by atoms with Crippen molar-refractivity contribution in [2.75, 3.05) is 13.7 Å². The zero-order valence-electron chi connectivity index (χ0n) is 11.2. The first-order valence-corrected chi connectivity index (χ1v) is 7.16. The van der Waals surface area contributed by atoms with E-state index in [-0.39, 0.29) is 5.60 Å². The van der Waals surface area contributed by atoms with Crippen molar-refractivity contribution in [1.82, 2.24) is 5.32 Å². The van der Waals surface area contributed by atoms with Crippen LogP contribution in [0.4, 0.5) is 0 Å². The van der Waals surface area contributed by atoms with Crippen LogP contribution in [0, 0.1) is 5.92 Å². The van der Waals surface area contributed by atoms with Crippen molar-refractivity contribution in [3.05, 3.63) is 24.2 Å². The summed E-state index contributed by atoms with van der Waals surface area (Å²) in [5, 5.41) is 3.46. The first-order chi connectivity index (χ1) is 8.83. The second-order valence-corrected chi connectivity index (χ2v) is 5.81. The van der Waals surface area contributed by atoms with Gasteiger partial charge in [0.1, 0.15) is 0 Å². The summed E-state index contributed by atoms with van der Waals surface area (Å²) >= 11 is 0. The molecule has 1 spiro atoms. The van der Waals surface area contributed by atoms with E-state index >= 15 is 0 Å². The van der Waals surface area contributed by atoms with Gasteiger partial charge >= 0.3 is 0 Å². The molecule has 1 saturated heterocycles. The Bertz CT molecular complexity index is 368. The standard InChI is InChI=1S/C15H23NO2/c1-16-14(13-4-8-17-11-13)12-5-9-18-15(10-12)6-2-3-7-15/h4,8,11-12,14,16H,2-3,5-7,9-10H2,1H3. The Labute approximate surface area is 109 Å². The predicted molar refractivity (Wildman–Crippen MR) is 70.4 cm³/mol. The second-order valence-electron chi connectivity index (χ2n) is 5.81. The first kappa shape index (κ1) is 12.2. The van der Waals surface area contributed by atoms with Gasteiger partial charge in [-0.05, 0) is 44.7 Å². The van der Waals surface area contributed by atoms with Crippen LogP contribution in [0.3, 0.4) is 0 Å². The Kier molecular flexibility index (Phi) is 3.44. The molecule has 3 heteroatoms. The molecule has 2 unspecified atom stereocenters. The van der Waals surface area contributed by atoms with E-state index in [1.807, 2.05) is 6.26 Å². The second kappa shape index (κ2) is 5.06. The van der Waals surface area contributed by atoms with Crippen LogP contribution in [-0.4, -0.2) is 19.3 Å². The summed E-state index contributed by atoms with van der Waals surface area (Å²) in [6.07, 6.45) is 11.2. The molecular formula is C15H23NO2. The van der Waals surface area contributed by atoms with Gasteiger partial charge in [-0.1, -0.05) is 12.8 Å². The van der Waals surface area contributed by atoms with E-state index in [0.29, 0.717) is 12.0 Å². The molecule has 2 fully saturated rings. The lowest BCUT2D eigenvalue weighted by molar-refractivity contribution is -0.0979. The molecule has 2 heterocycles. The SMILES string of the molecule is CNC(c1ccoc1)C1CCOC2(CCCC2)C1. The minimum atomic E-state index is 0.196. The first-order valence-electron chi connectivity index (χ1n) is 7.16. The fourth-order valence-electron chi connectivity index (χ4n) is 3.84. The number of hydrogen-bond donors (Lipinski definition) is 1. The van der Waals surface area contributed by atoms with Gasteiger partial charge < -0.3 is 14.5 Å². The Morgan fingerprint density at radius 2 is 2.22 bits per heavy atom. The Morgan fingerprint density at radius 3 is 2.89 bits per heavy atom. The molecule has 3 nitrogen and oxygen atoms in total. The summed E-state index contributed by atoms with van der Waals surface area (Å²) in [5.74, 6) is 0.666. The van der Waals surface area contributed by atoms with Gasteiger partial charge in [-0.2, -0.15) is 0 Å². The normalized spacial score (nSPS) is 28.6. The minimum Gasteiger partial charge on any atom is -0.472 e. The van der Waals surface area contributed by atoms with Gasteiger partial charge in [-0.15, -0.1) is 0 Å². The Balaban J connectivity index is 1.74. The van der Waals surface area contributed by atoms with Gasteiger partial charge in [-0.3, -0.25) is 0 Å². The molecule has 1 aliphatic heterocycles. The van der Waals surface area contributed by atoms with Crippen molar-refractivity contribution in [2.45, 2.75) is 50.2 Å². The molecule has 1 saturated carbocycles. The summed E-state index contributed by atoms with van der Waals surface area (Å²) in [7, 11) is 2.05. The average Bonchev–Trinajstić information content (AvgIpc) is 3.03. The highest BCUT2D eigenvalue weighted by Crippen LogP contribution is 2.45. The van der Waals surface area contributed by atoms with Crippen LogP contribution in [0.15, 0.2) is 23.0 Å². The minimum absolute atomic E-state index is 0.196. The summed E-state index contributed by atoms with van der Waals surface area (Å²) in [6, 6.07) is 2.49. The maximum Gasteiger partial charge on any atom is 0.0950 e. The van der Waals surface area contributed by atoms with Crippen molar-refractivity contribution >= 4 is 0 Å². The molecule has 2 aliphatic rings. The van der Waals surface area contributed by atoms with Gasteiger partial charge in [-0.25, -0.2) is 0 Å². The van der Waals surface area contributed by atoms with E-state index in [1.54, 1.807) is 6.26 Å². The summed E-state index contributed by atoms with van der Waals surface area (Å²) in [6.45, 7) is 0.917. The third kappa shape index (κ3) is 2.21. The van der Waals surface area contributed by atoms with Gasteiger partial charge in [0.2, 0.25) is 0 Å². The van der Waals surface area contributed by atoms with Gasteiger partial charge in [0.05, 0.1) is 18.1 Å². The fraction of sp³-hybridized carbons (Fsp3) is 0.733. The molecule has 2 atom stereocenters. The monoisotopic (exact) mass is 249 g/mol. The lowest BCUT2D eigenvalue weighted by Gasteiger charge is -2.41. The number of ether oxygens (including phenoxy) is 1. The van der Waals surface area contributed by atoms with Crippen molar-refractivity contribution in [2.24, 2.45) is 5.92 Å². The van der Waals surface area contributed by atoms with E-state index in [2.05, 4.69) is 18.4 Å².